The second-order valence-corrected chi connectivity index (χ2v) is 10.9. The van der Waals surface area contributed by atoms with Gasteiger partial charge in [0.25, 0.3) is 10.0 Å². The summed E-state index contributed by atoms with van der Waals surface area (Å²) >= 11 is 0. The van der Waals surface area contributed by atoms with Crippen molar-refractivity contribution < 1.29 is 35.9 Å². The van der Waals surface area contributed by atoms with Crippen molar-refractivity contribution in [3.8, 4) is 5.75 Å². The van der Waals surface area contributed by atoms with E-state index in [1.54, 1.807) is 43.3 Å². The summed E-state index contributed by atoms with van der Waals surface area (Å²) in [5, 5.41) is 2.46. The van der Waals surface area contributed by atoms with Crippen LogP contribution in [0.15, 0.2) is 77.7 Å². The van der Waals surface area contributed by atoms with E-state index < -0.39 is 46.2 Å². The Kier molecular flexibility index (Phi) is 9.46. The van der Waals surface area contributed by atoms with Crippen LogP contribution in [-0.4, -0.2) is 51.9 Å². The predicted molar refractivity (Wildman–Crippen MR) is 144 cm³/mol. The van der Waals surface area contributed by atoms with Gasteiger partial charge >= 0.3 is 6.18 Å². The van der Waals surface area contributed by atoms with Gasteiger partial charge in [-0.1, -0.05) is 35.9 Å². The van der Waals surface area contributed by atoms with Gasteiger partial charge in [0.15, 0.2) is 0 Å². The number of hydrogen-bond donors (Lipinski definition) is 1. The predicted octanol–water partition coefficient (Wildman–Crippen LogP) is 4.38. The van der Waals surface area contributed by atoms with Crippen LogP contribution in [0.2, 0.25) is 0 Å². The summed E-state index contributed by atoms with van der Waals surface area (Å²) in [5.74, 6) is -0.727. The molecule has 214 valence electrons. The van der Waals surface area contributed by atoms with Gasteiger partial charge in [0.2, 0.25) is 11.8 Å². The van der Waals surface area contributed by atoms with E-state index in [9.17, 15) is 31.2 Å². The number of aryl methyl sites for hydroxylation is 1. The second kappa shape index (κ2) is 12.4. The third-order valence-electron chi connectivity index (χ3n) is 6.27. The van der Waals surface area contributed by atoms with E-state index >= 15 is 0 Å². The van der Waals surface area contributed by atoms with Crippen LogP contribution < -0.4 is 14.4 Å². The number of carbonyl (C=O) groups is 2. The van der Waals surface area contributed by atoms with Crippen LogP contribution in [0.25, 0.3) is 0 Å². The molecule has 0 unspecified atom stereocenters. The number of likely N-dealkylation sites (N-methyl/N-ethyl adjacent to an activating group) is 1. The third-order valence-corrected chi connectivity index (χ3v) is 8.06. The topological polar surface area (TPSA) is 96.0 Å². The number of nitrogens with one attached hydrogen (secondary N) is 1. The zero-order chi connectivity index (χ0) is 29.7. The van der Waals surface area contributed by atoms with Crippen molar-refractivity contribution >= 4 is 27.5 Å². The lowest BCUT2D eigenvalue weighted by Crippen LogP contribution is -2.50. The number of rotatable bonds is 10. The quantitative estimate of drug-likeness (QED) is 0.386. The van der Waals surface area contributed by atoms with Gasteiger partial charge in [-0.3, -0.25) is 13.9 Å². The van der Waals surface area contributed by atoms with Gasteiger partial charge in [-0.05, 0) is 61.9 Å². The Morgan fingerprint density at radius 2 is 1.62 bits per heavy atom. The molecule has 1 N–H and O–H groups in total. The molecule has 12 heteroatoms. The SMILES string of the molecule is CNC(=O)[C@@H](C)N(Cc1ccc(OC)cc1)C(=O)CN(c1cccc(C(F)(F)F)c1)S(=O)(=O)c1ccc(C)cc1. The number of sulfonamides is 1. The van der Waals surface area contributed by atoms with Crippen molar-refractivity contribution in [3.05, 3.63) is 89.5 Å². The van der Waals surface area contributed by atoms with Gasteiger partial charge in [0, 0.05) is 13.6 Å². The molecule has 0 aliphatic heterocycles. The first-order valence-corrected chi connectivity index (χ1v) is 13.6. The van der Waals surface area contributed by atoms with Crippen molar-refractivity contribution in [1.29, 1.82) is 0 Å². The van der Waals surface area contributed by atoms with Crippen LogP contribution in [0, 0.1) is 6.92 Å². The summed E-state index contributed by atoms with van der Waals surface area (Å²) in [6, 6.07) is 15.1. The molecule has 0 aliphatic rings. The Morgan fingerprint density at radius 3 is 2.17 bits per heavy atom. The highest BCUT2D eigenvalue weighted by molar-refractivity contribution is 7.92. The number of alkyl halides is 3. The van der Waals surface area contributed by atoms with E-state index in [4.69, 9.17) is 4.74 Å². The van der Waals surface area contributed by atoms with Crippen molar-refractivity contribution in [2.45, 2.75) is 37.5 Å². The number of benzene rings is 3. The maximum Gasteiger partial charge on any atom is 0.416 e. The van der Waals surface area contributed by atoms with Gasteiger partial charge in [-0.15, -0.1) is 0 Å². The van der Waals surface area contributed by atoms with Crippen LogP contribution >= 0.6 is 0 Å². The Hall–Kier alpha value is -4.06. The minimum Gasteiger partial charge on any atom is -0.497 e. The summed E-state index contributed by atoms with van der Waals surface area (Å²) in [5.41, 5.74) is -0.0289. The van der Waals surface area contributed by atoms with Crippen molar-refractivity contribution in [2.75, 3.05) is 25.0 Å². The largest absolute Gasteiger partial charge is 0.497 e. The van der Waals surface area contributed by atoms with Gasteiger partial charge in [0.05, 0.1) is 23.3 Å². The molecule has 40 heavy (non-hydrogen) atoms. The number of amides is 2. The molecule has 3 aromatic rings. The Balaban J connectivity index is 2.08. The Bertz CT molecular complexity index is 1440. The minimum atomic E-state index is -4.74. The van der Waals surface area contributed by atoms with E-state index in [0.29, 0.717) is 21.7 Å². The molecular weight excluding hydrogens is 547 g/mol. The second-order valence-electron chi connectivity index (χ2n) is 9.03. The molecular formula is C28H30F3N3O5S. The standard InChI is InChI=1S/C28H30F3N3O5S/c1-19-8-14-25(15-9-19)40(37,38)34(23-7-5-6-22(16-23)28(29,30)31)18-26(35)33(20(2)27(36)32-3)17-21-10-12-24(39-4)13-11-21/h5-16,20H,17-18H2,1-4H3,(H,32,36)/t20-/m1/s1. The van der Waals surface area contributed by atoms with E-state index in [-0.39, 0.29) is 17.1 Å². The summed E-state index contributed by atoms with van der Waals surface area (Å²) in [4.78, 5) is 27.2. The van der Waals surface area contributed by atoms with Gasteiger partial charge < -0.3 is 15.0 Å². The average molecular weight is 578 g/mol. The molecule has 3 rings (SSSR count). The lowest BCUT2D eigenvalue weighted by Gasteiger charge is -2.32. The van der Waals surface area contributed by atoms with Gasteiger partial charge in [-0.25, -0.2) is 8.42 Å². The molecule has 0 bridgehead atoms. The molecule has 0 aliphatic carbocycles. The highest BCUT2D eigenvalue weighted by Crippen LogP contribution is 2.33. The molecule has 0 heterocycles. The maximum absolute atomic E-state index is 13.7. The summed E-state index contributed by atoms with van der Waals surface area (Å²) in [6.45, 7) is 2.30. The smallest absolute Gasteiger partial charge is 0.416 e. The molecule has 2 amide bonds. The molecule has 0 fully saturated rings. The number of nitrogens with zero attached hydrogens (tertiary/aromatic N) is 2. The number of halogens is 3. The molecule has 1 atom stereocenters. The van der Waals surface area contributed by atoms with Crippen molar-refractivity contribution in [2.24, 2.45) is 0 Å². The van der Waals surface area contributed by atoms with Crippen molar-refractivity contribution in [3.63, 3.8) is 0 Å². The maximum atomic E-state index is 13.7. The number of ether oxygens (including phenoxy) is 1. The van der Waals surface area contributed by atoms with Crippen LogP contribution in [0.4, 0.5) is 18.9 Å². The first-order chi connectivity index (χ1) is 18.8. The molecule has 0 radical (unpaired) electrons. The van der Waals surface area contributed by atoms with E-state index in [2.05, 4.69) is 5.32 Å². The average Bonchev–Trinajstić information content (AvgIpc) is 2.93. The first-order valence-electron chi connectivity index (χ1n) is 12.2. The molecule has 0 spiro atoms. The molecule has 3 aromatic carbocycles. The lowest BCUT2D eigenvalue weighted by molar-refractivity contribution is -0.139. The highest BCUT2D eigenvalue weighted by atomic mass is 32.2. The fourth-order valence-corrected chi connectivity index (χ4v) is 5.33. The minimum absolute atomic E-state index is 0.0710. The Labute approximate surface area is 231 Å². The van der Waals surface area contributed by atoms with E-state index in [0.717, 1.165) is 17.7 Å². The van der Waals surface area contributed by atoms with Crippen LogP contribution in [0.3, 0.4) is 0 Å². The number of hydrogen-bond acceptors (Lipinski definition) is 5. The zero-order valence-electron chi connectivity index (χ0n) is 22.4. The summed E-state index contributed by atoms with van der Waals surface area (Å²) in [6.07, 6.45) is -4.74. The Morgan fingerprint density at radius 1 is 1.00 bits per heavy atom. The van der Waals surface area contributed by atoms with E-state index in [1.807, 2.05) is 0 Å². The van der Waals surface area contributed by atoms with Crippen LogP contribution in [0.5, 0.6) is 5.75 Å². The molecule has 0 aromatic heterocycles. The lowest BCUT2D eigenvalue weighted by atomic mass is 10.1. The number of methoxy groups -OCH3 is 1. The molecule has 0 saturated carbocycles. The first kappa shape index (κ1) is 30.5. The normalized spacial score (nSPS) is 12.4. The summed E-state index contributed by atoms with van der Waals surface area (Å²) < 4.78 is 73.8. The number of anilines is 1. The fourth-order valence-electron chi connectivity index (χ4n) is 3.92. The summed E-state index contributed by atoms with van der Waals surface area (Å²) in [7, 11) is -1.60. The third kappa shape index (κ3) is 7.12. The fraction of sp³-hybridized carbons (Fsp3) is 0.286. The van der Waals surface area contributed by atoms with Crippen LogP contribution in [-0.2, 0) is 32.3 Å². The van der Waals surface area contributed by atoms with Crippen LogP contribution in [0.1, 0.15) is 23.6 Å². The molecule has 8 nitrogen and oxygen atoms in total. The van der Waals surface area contributed by atoms with Crippen molar-refractivity contribution in [1.82, 2.24) is 10.2 Å². The van der Waals surface area contributed by atoms with E-state index in [1.165, 1.54) is 44.2 Å². The van der Waals surface area contributed by atoms with Gasteiger partial charge in [0.1, 0.15) is 18.3 Å². The number of carbonyl (C=O) groups excluding carboxylic acids is 2. The highest BCUT2D eigenvalue weighted by Gasteiger charge is 2.35. The monoisotopic (exact) mass is 577 g/mol. The molecule has 0 saturated heterocycles. The van der Waals surface area contributed by atoms with Gasteiger partial charge in [-0.2, -0.15) is 13.2 Å². The zero-order valence-corrected chi connectivity index (χ0v) is 23.2.